The van der Waals surface area contributed by atoms with Crippen LogP contribution in [-0.4, -0.2) is 37.0 Å². The van der Waals surface area contributed by atoms with Crippen LogP contribution in [0.4, 0.5) is 11.4 Å². The SMILES string of the molecule is CCCOC(=O)c1ccc(NC(=O)CNc2ccc(Cl)c(C(=O)NC3CCCCC3)c2)cc1. The summed E-state index contributed by atoms with van der Waals surface area (Å²) in [6.45, 7) is 2.31. The van der Waals surface area contributed by atoms with Crippen molar-refractivity contribution in [1.29, 1.82) is 0 Å². The van der Waals surface area contributed by atoms with E-state index in [1.54, 1.807) is 42.5 Å². The predicted molar refractivity (Wildman–Crippen MR) is 130 cm³/mol. The summed E-state index contributed by atoms with van der Waals surface area (Å²) in [7, 11) is 0. The Morgan fingerprint density at radius 2 is 1.70 bits per heavy atom. The Kier molecular flexibility index (Phi) is 9.13. The van der Waals surface area contributed by atoms with Crippen LogP contribution in [0.2, 0.25) is 5.02 Å². The summed E-state index contributed by atoms with van der Waals surface area (Å²) in [5.74, 6) is -0.848. The number of carbonyl (C=O) groups is 3. The minimum Gasteiger partial charge on any atom is -0.462 e. The lowest BCUT2D eigenvalue weighted by molar-refractivity contribution is -0.114. The number of benzene rings is 2. The molecule has 0 aliphatic heterocycles. The normalized spacial score (nSPS) is 13.8. The predicted octanol–water partition coefficient (Wildman–Crippen LogP) is 5.02. The highest BCUT2D eigenvalue weighted by atomic mass is 35.5. The van der Waals surface area contributed by atoms with Crippen LogP contribution in [0.25, 0.3) is 0 Å². The van der Waals surface area contributed by atoms with Gasteiger partial charge in [0.1, 0.15) is 0 Å². The van der Waals surface area contributed by atoms with E-state index in [1.165, 1.54) is 6.42 Å². The van der Waals surface area contributed by atoms with Crippen molar-refractivity contribution < 1.29 is 19.1 Å². The molecule has 2 aromatic rings. The summed E-state index contributed by atoms with van der Waals surface area (Å²) in [6.07, 6.45) is 6.20. The molecule has 1 aliphatic rings. The molecule has 0 aromatic heterocycles. The van der Waals surface area contributed by atoms with Gasteiger partial charge in [-0.2, -0.15) is 0 Å². The molecule has 0 saturated heterocycles. The topological polar surface area (TPSA) is 96.5 Å². The molecule has 3 rings (SSSR count). The Labute approximate surface area is 199 Å². The smallest absolute Gasteiger partial charge is 0.338 e. The van der Waals surface area contributed by atoms with Crippen LogP contribution in [0, 0.1) is 0 Å². The molecule has 1 aliphatic carbocycles. The van der Waals surface area contributed by atoms with Crippen LogP contribution in [0.15, 0.2) is 42.5 Å². The van der Waals surface area contributed by atoms with E-state index in [9.17, 15) is 14.4 Å². The third kappa shape index (κ3) is 7.49. The van der Waals surface area contributed by atoms with Crippen LogP contribution in [0.1, 0.15) is 66.2 Å². The zero-order chi connectivity index (χ0) is 23.6. The van der Waals surface area contributed by atoms with Gasteiger partial charge in [0.15, 0.2) is 0 Å². The number of hydrogen-bond acceptors (Lipinski definition) is 5. The molecule has 0 radical (unpaired) electrons. The molecule has 0 spiro atoms. The molecular weight excluding hydrogens is 442 g/mol. The van der Waals surface area contributed by atoms with Crippen molar-refractivity contribution in [2.75, 3.05) is 23.8 Å². The molecule has 0 unspecified atom stereocenters. The third-order valence-electron chi connectivity index (χ3n) is 5.45. The molecule has 1 saturated carbocycles. The van der Waals surface area contributed by atoms with Crippen molar-refractivity contribution in [1.82, 2.24) is 5.32 Å². The number of esters is 1. The highest BCUT2D eigenvalue weighted by Crippen LogP contribution is 2.23. The molecule has 3 N–H and O–H groups in total. The van der Waals surface area contributed by atoms with Gasteiger partial charge in [0, 0.05) is 17.4 Å². The Bertz CT molecular complexity index is 972. The number of halogens is 1. The van der Waals surface area contributed by atoms with Crippen LogP contribution < -0.4 is 16.0 Å². The fourth-order valence-corrected chi connectivity index (χ4v) is 3.88. The molecule has 0 atom stereocenters. The van der Waals surface area contributed by atoms with E-state index in [0.717, 1.165) is 32.1 Å². The lowest BCUT2D eigenvalue weighted by atomic mass is 9.95. The van der Waals surface area contributed by atoms with E-state index in [0.29, 0.717) is 34.1 Å². The first-order chi connectivity index (χ1) is 16.0. The second-order valence-electron chi connectivity index (χ2n) is 8.12. The van der Waals surface area contributed by atoms with Crippen molar-refractivity contribution in [2.24, 2.45) is 0 Å². The van der Waals surface area contributed by atoms with Gasteiger partial charge in [0.25, 0.3) is 5.91 Å². The molecule has 2 amide bonds. The van der Waals surface area contributed by atoms with Gasteiger partial charge in [-0.05, 0) is 61.7 Å². The molecule has 176 valence electrons. The summed E-state index contributed by atoms with van der Waals surface area (Å²) < 4.78 is 5.09. The number of hydrogen-bond donors (Lipinski definition) is 3. The monoisotopic (exact) mass is 471 g/mol. The molecule has 0 heterocycles. The van der Waals surface area contributed by atoms with Gasteiger partial charge in [-0.25, -0.2) is 4.79 Å². The lowest BCUT2D eigenvalue weighted by Gasteiger charge is -2.23. The first kappa shape index (κ1) is 24.6. The maximum Gasteiger partial charge on any atom is 0.338 e. The first-order valence-corrected chi connectivity index (χ1v) is 11.8. The Morgan fingerprint density at radius 1 is 1.00 bits per heavy atom. The quantitative estimate of drug-likeness (QED) is 0.446. The van der Waals surface area contributed by atoms with Crippen LogP contribution in [0.5, 0.6) is 0 Å². The van der Waals surface area contributed by atoms with Crippen molar-refractivity contribution >= 4 is 40.8 Å². The fourth-order valence-electron chi connectivity index (χ4n) is 3.67. The van der Waals surface area contributed by atoms with E-state index >= 15 is 0 Å². The van der Waals surface area contributed by atoms with Crippen LogP contribution in [0.3, 0.4) is 0 Å². The average molecular weight is 472 g/mol. The highest BCUT2D eigenvalue weighted by molar-refractivity contribution is 6.34. The van der Waals surface area contributed by atoms with Gasteiger partial charge in [-0.3, -0.25) is 9.59 Å². The van der Waals surface area contributed by atoms with E-state index in [-0.39, 0.29) is 30.4 Å². The fraction of sp³-hybridized carbons (Fsp3) is 0.400. The lowest BCUT2D eigenvalue weighted by Crippen LogP contribution is -2.36. The van der Waals surface area contributed by atoms with E-state index in [1.807, 2.05) is 6.92 Å². The number of rotatable bonds is 9. The van der Waals surface area contributed by atoms with Crippen LogP contribution in [-0.2, 0) is 9.53 Å². The van der Waals surface area contributed by atoms with Crippen molar-refractivity contribution in [3.63, 3.8) is 0 Å². The highest BCUT2D eigenvalue weighted by Gasteiger charge is 2.18. The molecule has 7 nitrogen and oxygen atoms in total. The summed E-state index contributed by atoms with van der Waals surface area (Å²) in [5, 5.41) is 9.22. The summed E-state index contributed by atoms with van der Waals surface area (Å²) in [6, 6.07) is 11.7. The van der Waals surface area contributed by atoms with E-state index in [4.69, 9.17) is 16.3 Å². The number of carbonyl (C=O) groups excluding carboxylic acids is 3. The van der Waals surface area contributed by atoms with Crippen molar-refractivity contribution in [2.45, 2.75) is 51.5 Å². The van der Waals surface area contributed by atoms with Gasteiger partial charge in [0.05, 0.1) is 29.3 Å². The zero-order valence-corrected chi connectivity index (χ0v) is 19.5. The van der Waals surface area contributed by atoms with E-state index < -0.39 is 0 Å². The molecule has 0 bridgehead atoms. The summed E-state index contributed by atoms with van der Waals surface area (Å²) >= 11 is 6.24. The largest absolute Gasteiger partial charge is 0.462 e. The number of ether oxygens (including phenoxy) is 1. The van der Waals surface area contributed by atoms with E-state index in [2.05, 4.69) is 16.0 Å². The Morgan fingerprint density at radius 3 is 2.39 bits per heavy atom. The number of anilines is 2. The maximum atomic E-state index is 12.7. The third-order valence-corrected chi connectivity index (χ3v) is 5.78. The minimum atomic E-state index is -0.387. The number of nitrogens with one attached hydrogen (secondary N) is 3. The summed E-state index contributed by atoms with van der Waals surface area (Å²) in [5.41, 5.74) is 2.01. The Balaban J connectivity index is 1.52. The van der Waals surface area contributed by atoms with Gasteiger partial charge in [0.2, 0.25) is 5.91 Å². The zero-order valence-electron chi connectivity index (χ0n) is 18.8. The molecular formula is C25H30ClN3O4. The Hall–Kier alpha value is -3.06. The maximum absolute atomic E-state index is 12.7. The molecule has 33 heavy (non-hydrogen) atoms. The van der Waals surface area contributed by atoms with Crippen molar-refractivity contribution in [3.8, 4) is 0 Å². The second kappa shape index (κ2) is 12.3. The van der Waals surface area contributed by atoms with Crippen LogP contribution >= 0.6 is 11.6 Å². The second-order valence-corrected chi connectivity index (χ2v) is 8.53. The van der Waals surface area contributed by atoms with Gasteiger partial charge >= 0.3 is 5.97 Å². The van der Waals surface area contributed by atoms with Gasteiger partial charge in [-0.1, -0.05) is 37.8 Å². The standard InChI is InChI=1S/C25H30ClN3O4/c1-2-14-33-25(32)17-8-10-19(11-9-17)28-23(30)16-27-20-12-13-22(26)21(15-20)24(31)29-18-6-4-3-5-7-18/h8-13,15,18,27H,2-7,14,16H2,1H3,(H,28,30)(H,29,31). The molecule has 2 aromatic carbocycles. The molecule has 8 heteroatoms. The van der Waals surface area contributed by atoms with Gasteiger partial charge in [-0.15, -0.1) is 0 Å². The molecule has 1 fully saturated rings. The van der Waals surface area contributed by atoms with Crippen molar-refractivity contribution in [3.05, 3.63) is 58.6 Å². The minimum absolute atomic E-state index is 0.00557. The first-order valence-electron chi connectivity index (χ1n) is 11.4. The average Bonchev–Trinajstić information content (AvgIpc) is 2.83. The number of amides is 2. The van der Waals surface area contributed by atoms with Gasteiger partial charge < -0.3 is 20.7 Å². The summed E-state index contributed by atoms with van der Waals surface area (Å²) in [4.78, 5) is 36.8.